The van der Waals surface area contributed by atoms with Crippen molar-refractivity contribution < 1.29 is 0 Å². The normalized spacial score (nSPS) is 12.7. The maximum Gasteiger partial charge on any atom is 0.347 e. The van der Waals surface area contributed by atoms with E-state index in [9.17, 15) is 4.79 Å². The summed E-state index contributed by atoms with van der Waals surface area (Å²) in [5.41, 5.74) is -0.244. The number of aromatic nitrogens is 2. The summed E-state index contributed by atoms with van der Waals surface area (Å²) in [6, 6.07) is 0. The number of nitrogens with one attached hydrogen (secondary N) is 1. The highest BCUT2D eigenvalue weighted by Gasteiger charge is 2.05. The molecule has 1 aromatic rings. The van der Waals surface area contributed by atoms with Crippen LogP contribution in [0.5, 0.6) is 0 Å². The minimum Gasteiger partial charge on any atom is -0.316 e. The molecule has 4 nitrogen and oxygen atoms in total. The number of nitrogens with zero attached hydrogens (tertiary/aromatic N) is 2. The molecule has 0 fully saturated rings. The molecule has 0 aromatic carbocycles. The van der Waals surface area contributed by atoms with Gasteiger partial charge in [-0.3, -0.25) is 4.57 Å². The van der Waals surface area contributed by atoms with Crippen molar-refractivity contribution in [3.63, 3.8) is 0 Å². The van der Waals surface area contributed by atoms with Crippen LogP contribution in [0.15, 0.2) is 17.2 Å². The van der Waals surface area contributed by atoms with E-state index in [4.69, 9.17) is 11.6 Å². The monoisotopic (exact) mass is 243 g/mol. The van der Waals surface area contributed by atoms with Crippen LogP contribution in [0.3, 0.4) is 0 Å². The lowest BCUT2D eigenvalue weighted by atomic mass is 10.2. The zero-order valence-electron chi connectivity index (χ0n) is 9.74. The fourth-order valence-corrected chi connectivity index (χ4v) is 1.65. The van der Waals surface area contributed by atoms with E-state index in [-0.39, 0.29) is 5.69 Å². The summed E-state index contributed by atoms with van der Waals surface area (Å²) in [4.78, 5) is 15.1. The Morgan fingerprint density at radius 2 is 2.38 bits per heavy atom. The molecular formula is C11H18ClN3O. The molecule has 0 saturated heterocycles. The van der Waals surface area contributed by atoms with Crippen LogP contribution in [0, 0.1) is 5.92 Å². The maximum absolute atomic E-state index is 11.4. The fraction of sp³-hybridized carbons (Fsp3) is 0.636. The summed E-state index contributed by atoms with van der Waals surface area (Å²) >= 11 is 5.79. The first-order valence-corrected chi connectivity index (χ1v) is 5.94. The average Bonchev–Trinajstić information content (AvgIpc) is 2.24. The maximum atomic E-state index is 11.4. The summed E-state index contributed by atoms with van der Waals surface area (Å²) in [6.07, 6.45) is 4.12. The zero-order chi connectivity index (χ0) is 12.0. The third-order valence-electron chi connectivity index (χ3n) is 2.25. The molecule has 90 valence electrons. The summed E-state index contributed by atoms with van der Waals surface area (Å²) in [5, 5.41) is 3.81. The van der Waals surface area contributed by atoms with E-state index in [1.165, 1.54) is 6.20 Å². The second-order valence-electron chi connectivity index (χ2n) is 4.02. The Morgan fingerprint density at radius 3 is 3.06 bits per heavy atom. The van der Waals surface area contributed by atoms with Crippen LogP contribution in [0.4, 0.5) is 0 Å². The van der Waals surface area contributed by atoms with Crippen molar-refractivity contribution in [3.8, 4) is 0 Å². The van der Waals surface area contributed by atoms with E-state index >= 15 is 0 Å². The van der Waals surface area contributed by atoms with E-state index in [2.05, 4.69) is 24.1 Å². The van der Waals surface area contributed by atoms with Gasteiger partial charge in [-0.2, -0.15) is 0 Å². The molecule has 0 spiro atoms. The van der Waals surface area contributed by atoms with Crippen molar-refractivity contribution in [1.82, 2.24) is 14.9 Å². The minimum absolute atomic E-state index is 0.244. The van der Waals surface area contributed by atoms with Gasteiger partial charge in [0.15, 0.2) is 0 Å². The van der Waals surface area contributed by atoms with E-state index in [0.717, 1.165) is 19.5 Å². The Morgan fingerprint density at radius 1 is 1.62 bits per heavy atom. The highest BCUT2D eigenvalue weighted by atomic mass is 35.5. The third-order valence-corrected chi connectivity index (χ3v) is 2.45. The van der Waals surface area contributed by atoms with Crippen molar-refractivity contribution in [2.24, 2.45) is 5.92 Å². The quantitative estimate of drug-likeness (QED) is 0.771. The van der Waals surface area contributed by atoms with Gasteiger partial charge in [0.25, 0.3) is 0 Å². The smallest absolute Gasteiger partial charge is 0.316 e. The largest absolute Gasteiger partial charge is 0.347 e. The molecular weight excluding hydrogens is 226 g/mol. The number of halogens is 1. The van der Waals surface area contributed by atoms with Gasteiger partial charge in [0.2, 0.25) is 0 Å². The summed E-state index contributed by atoms with van der Waals surface area (Å²) in [7, 11) is 0. The highest BCUT2D eigenvalue weighted by Crippen LogP contribution is 2.03. The summed E-state index contributed by atoms with van der Waals surface area (Å²) in [5.74, 6) is 0.379. The van der Waals surface area contributed by atoms with Gasteiger partial charge in [-0.05, 0) is 25.4 Å². The van der Waals surface area contributed by atoms with E-state index in [1.54, 1.807) is 10.8 Å². The van der Waals surface area contributed by atoms with E-state index in [0.29, 0.717) is 17.5 Å². The molecule has 0 aliphatic carbocycles. The van der Waals surface area contributed by atoms with Crippen LogP contribution in [0.2, 0.25) is 5.02 Å². The molecule has 1 aromatic heterocycles. The van der Waals surface area contributed by atoms with Crippen LogP contribution >= 0.6 is 11.6 Å². The van der Waals surface area contributed by atoms with Gasteiger partial charge in [0.05, 0.1) is 11.2 Å². The Bertz CT molecular complexity index is 378. The van der Waals surface area contributed by atoms with E-state index in [1.807, 2.05) is 0 Å². The lowest BCUT2D eigenvalue weighted by Gasteiger charge is -2.13. The molecule has 1 rings (SSSR count). The first-order valence-electron chi connectivity index (χ1n) is 5.56. The van der Waals surface area contributed by atoms with Crippen molar-refractivity contribution >= 4 is 11.6 Å². The molecule has 5 heteroatoms. The van der Waals surface area contributed by atoms with Crippen molar-refractivity contribution in [2.75, 3.05) is 13.1 Å². The lowest BCUT2D eigenvalue weighted by molar-refractivity contribution is 0.435. The Hall–Kier alpha value is -0.870. The van der Waals surface area contributed by atoms with Crippen LogP contribution in [0.25, 0.3) is 0 Å². The molecule has 0 aliphatic heterocycles. The van der Waals surface area contributed by atoms with Crippen LogP contribution in [-0.2, 0) is 6.54 Å². The number of hydrogen-bond donors (Lipinski definition) is 1. The SMILES string of the molecule is CCCNCC(C)Cn1cc(Cl)cnc1=O. The van der Waals surface area contributed by atoms with Gasteiger partial charge in [-0.1, -0.05) is 25.4 Å². The minimum atomic E-state index is -0.244. The number of hydrogen-bond acceptors (Lipinski definition) is 3. The second-order valence-corrected chi connectivity index (χ2v) is 4.45. The lowest BCUT2D eigenvalue weighted by Crippen LogP contribution is -2.29. The predicted octanol–water partition coefficient (Wildman–Crippen LogP) is 1.53. The molecule has 1 heterocycles. The second kappa shape index (κ2) is 6.66. The molecule has 16 heavy (non-hydrogen) atoms. The fourth-order valence-electron chi connectivity index (χ4n) is 1.48. The van der Waals surface area contributed by atoms with E-state index < -0.39 is 0 Å². The Balaban J connectivity index is 2.52. The summed E-state index contributed by atoms with van der Waals surface area (Å²) in [6.45, 7) is 6.77. The Kier molecular flexibility index (Phi) is 5.49. The molecule has 1 atom stereocenters. The zero-order valence-corrected chi connectivity index (χ0v) is 10.5. The van der Waals surface area contributed by atoms with Gasteiger partial charge in [0.1, 0.15) is 0 Å². The van der Waals surface area contributed by atoms with Gasteiger partial charge in [0, 0.05) is 12.7 Å². The third kappa shape index (κ3) is 4.33. The first kappa shape index (κ1) is 13.2. The molecule has 0 saturated carbocycles. The molecule has 1 N–H and O–H groups in total. The Labute approximate surface area is 101 Å². The average molecular weight is 244 g/mol. The van der Waals surface area contributed by atoms with Crippen molar-refractivity contribution in [1.29, 1.82) is 0 Å². The van der Waals surface area contributed by atoms with Gasteiger partial charge in [-0.15, -0.1) is 0 Å². The van der Waals surface area contributed by atoms with Gasteiger partial charge >= 0.3 is 5.69 Å². The molecule has 0 amide bonds. The highest BCUT2D eigenvalue weighted by molar-refractivity contribution is 6.30. The first-order chi connectivity index (χ1) is 7.63. The van der Waals surface area contributed by atoms with Crippen molar-refractivity contribution in [3.05, 3.63) is 27.9 Å². The summed E-state index contributed by atoms with van der Waals surface area (Å²) < 4.78 is 1.56. The van der Waals surface area contributed by atoms with Crippen LogP contribution in [0.1, 0.15) is 20.3 Å². The topological polar surface area (TPSA) is 46.9 Å². The molecule has 0 radical (unpaired) electrons. The number of rotatable bonds is 6. The standard InChI is InChI=1S/C11H18ClN3O/c1-3-4-13-5-9(2)7-15-8-10(12)6-14-11(15)16/h6,8-9,13H,3-5,7H2,1-2H3. The van der Waals surface area contributed by atoms with Gasteiger partial charge in [-0.25, -0.2) is 9.78 Å². The van der Waals surface area contributed by atoms with Crippen LogP contribution in [-0.4, -0.2) is 22.6 Å². The van der Waals surface area contributed by atoms with Crippen LogP contribution < -0.4 is 11.0 Å². The molecule has 0 aliphatic rings. The predicted molar refractivity (Wildman–Crippen MR) is 65.8 cm³/mol. The van der Waals surface area contributed by atoms with Crippen molar-refractivity contribution in [2.45, 2.75) is 26.8 Å². The molecule has 0 bridgehead atoms. The molecule has 1 unspecified atom stereocenters. The van der Waals surface area contributed by atoms with Gasteiger partial charge < -0.3 is 5.32 Å².